The molecule has 0 aromatic heterocycles. The van der Waals surface area contributed by atoms with Gasteiger partial charge in [0.25, 0.3) is 10.0 Å². The maximum Gasteiger partial charge on any atom is 0.279 e. The van der Waals surface area contributed by atoms with Gasteiger partial charge < -0.3 is 0 Å². The van der Waals surface area contributed by atoms with Gasteiger partial charge in [-0.05, 0) is 47.5 Å². The molecule has 0 aliphatic carbocycles. The lowest BCUT2D eigenvalue weighted by Crippen LogP contribution is -2.26. The fourth-order valence-electron chi connectivity index (χ4n) is 3.18. The molecule has 0 saturated heterocycles. The van der Waals surface area contributed by atoms with Crippen molar-refractivity contribution >= 4 is 27.3 Å². The first kappa shape index (κ1) is 18.7. The Morgan fingerprint density at radius 3 is 2.21 bits per heavy atom. The molecule has 0 amide bonds. The highest BCUT2D eigenvalue weighted by atomic mass is 35.5. The summed E-state index contributed by atoms with van der Waals surface area (Å²) in [5.41, 5.74) is 2.21. The van der Waals surface area contributed by atoms with Crippen molar-refractivity contribution in [3.63, 3.8) is 0 Å². The number of hydrogen-bond donors (Lipinski definition) is 0. The Morgan fingerprint density at radius 2 is 1.57 bits per heavy atom. The Balaban J connectivity index is 1.77. The average molecular weight is 415 g/mol. The molecule has 0 saturated carbocycles. The molecule has 1 heterocycles. The molecule has 0 fully saturated rings. The fraction of sp³-hybridized carbons (Fsp3) is 0.0952. The van der Waals surface area contributed by atoms with Crippen molar-refractivity contribution in [3.8, 4) is 0 Å². The van der Waals surface area contributed by atoms with E-state index in [0.717, 1.165) is 9.98 Å². The van der Waals surface area contributed by atoms with Crippen LogP contribution in [0.5, 0.6) is 0 Å². The summed E-state index contributed by atoms with van der Waals surface area (Å²) in [4.78, 5) is 0.118. The second-order valence-corrected chi connectivity index (χ2v) is 8.70. The maximum atomic E-state index is 13.4. The number of halogens is 2. The van der Waals surface area contributed by atoms with E-state index in [4.69, 9.17) is 11.6 Å². The lowest BCUT2D eigenvalue weighted by molar-refractivity contribution is 0.451. The summed E-state index contributed by atoms with van der Waals surface area (Å²) in [5, 5.41) is 4.88. The number of benzene rings is 3. The molecule has 1 aliphatic rings. The van der Waals surface area contributed by atoms with Crippen molar-refractivity contribution in [2.75, 3.05) is 6.54 Å². The smallest absolute Gasteiger partial charge is 0.207 e. The molecule has 0 bridgehead atoms. The molecule has 28 heavy (non-hydrogen) atoms. The summed E-state index contributed by atoms with van der Waals surface area (Å²) in [6.07, 6.45) is 0. The Kier molecular flexibility index (Phi) is 4.91. The molecule has 1 aliphatic heterocycles. The van der Waals surface area contributed by atoms with Crippen LogP contribution in [0.2, 0.25) is 5.02 Å². The standard InChI is InChI=1S/C21H16ClFN2O2S/c22-17-8-12-19(13-9-17)28(26,27)25-14-20(15-4-2-1-3-5-15)21(24-25)16-6-10-18(23)11-7-16/h1-13,20H,14H2. The highest BCUT2D eigenvalue weighted by Gasteiger charge is 2.35. The van der Waals surface area contributed by atoms with Crippen LogP contribution in [0, 0.1) is 5.82 Å². The zero-order chi connectivity index (χ0) is 19.7. The van der Waals surface area contributed by atoms with Crippen molar-refractivity contribution in [2.45, 2.75) is 10.8 Å². The number of rotatable bonds is 4. The lowest BCUT2D eigenvalue weighted by atomic mass is 9.91. The molecular weight excluding hydrogens is 399 g/mol. The van der Waals surface area contributed by atoms with E-state index in [-0.39, 0.29) is 23.2 Å². The molecule has 1 unspecified atom stereocenters. The van der Waals surface area contributed by atoms with Gasteiger partial charge in [0.2, 0.25) is 0 Å². The molecule has 0 N–H and O–H groups in total. The zero-order valence-corrected chi connectivity index (χ0v) is 16.2. The third kappa shape index (κ3) is 3.53. The van der Waals surface area contributed by atoms with Gasteiger partial charge in [-0.15, -0.1) is 0 Å². The van der Waals surface area contributed by atoms with Gasteiger partial charge in [-0.25, -0.2) is 4.39 Å². The number of hydrogen-bond acceptors (Lipinski definition) is 3. The lowest BCUT2D eigenvalue weighted by Gasteiger charge is -2.17. The van der Waals surface area contributed by atoms with Gasteiger partial charge in [0.05, 0.1) is 17.2 Å². The molecule has 4 rings (SSSR count). The number of hydrazone groups is 1. The monoisotopic (exact) mass is 414 g/mol. The SMILES string of the molecule is O=S(=O)(c1ccc(Cl)cc1)N1CC(c2ccccc2)C(c2ccc(F)cc2)=N1. The van der Waals surface area contributed by atoms with Crippen molar-refractivity contribution in [1.82, 2.24) is 4.41 Å². The Morgan fingerprint density at radius 1 is 0.929 bits per heavy atom. The van der Waals surface area contributed by atoms with Gasteiger partial charge in [0, 0.05) is 10.9 Å². The molecule has 7 heteroatoms. The summed E-state index contributed by atoms with van der Waals surface area (Å²) >= 11 is 5.87. The van der Waals surface area contributed by atoms with Crippen LogP contribution in [0.4, 0.5) is 4.39 Å². The van der Waals surface area contributed by atoms with E-state index in [0.29, 0.717) is 16.3 Å². The minimum Gasteiger partial charge on any atom is -0.207 e. The molecular formula is C21H16ClFN2O2S. The first-order valence-electron chi connectivity index (χ1n) is 8.63. The van der Waals surface area contributed by atoms with E-state index in [1.54, 1.807) is 12.1 Å². The average Bonchev–Trinajstić information content (AvgIpc) is 3.16. The second-order valence-electron chi connectivity index (χ2n) is 6.42. The molecule has 3 aromatic carbocycles. The first-order valence-corrected chi connectivity index (χ1v) is 10.4. The Bertz CT molecular complexity index is 1120. The van der Waals surface area contributed by atoms with Gasteiger partial charge in [-0.2, -0.15) is 17.9 Å². The molecule has 0 spiro atoms. The maximum absolute atomic E-state index is 13.4. The Hall–Kier alpha value is -2.70. The van der Waals surface area contributed by atoms with Crippen LogP contribution < -0.4 is 0 Å². The van der Waals surface area contributed by atoms with Crippen LogP contribution in [-0.4, -0.2) is 25.1 Å². The summed E-state index contributed by atoms with van der Waals surface area (Å²) in [7, 11) is -3.83. The molecule has 1 atom stereocenters. The largest absolute Gasteiger partial charge is 0.279 e. The van der Waals surface area contributed by atoms with Crippen molar-refractivity contribution in [1.29, 1.82) is 0 Å². The molecule has 4 nitrogen and oxygen atoms in total. The summed E-state index contributed by atoms with van der Waals surface area (Å²) in [6, 6.07) is 21.5. The summed E-state index contributed by atoms with van der Waals surface area (Å²) < 4.78 is 40.6. The third-order valence-electron chi connectivity index (χ3n) is 4.62. The predicted molar refractivity (Wildman–Crippen MR) is 107 cm³/mol. The fourth-order valence-corrected chi connectivity index (χ4v) is 4.57. The summed E-state index contributed by atoms with van der Waals surface area (Å²) in [5.74, 6) is -0.613. The quantitative estimate of drug-likeness (QED) is 0.622. The molecule has 3 aromatic rings. The van der Waals surface area contributed by atoms with Gasteiger partial charge in [0.15, 0.2) is 0 Å². The van der Waals surface area contributed by atoms with E-state index in [9.17, 15) is 12.8 Å². The van der Waals surface area contributed by atoms with Crippen LogP contribution in [0.3, 0.4) is 0 Å². The van der Waals surface area contributed by atoms with Crippen molar-refractivity contribution < 1.29 is 12.8 Å². The normalized spacial score (nSPS) is 16.9. The minimum absolute atomic E-state index is 0.118. The van der Waals surface area contributed by atoms with Crippen LogP contribution in [0.25, 0.3) is 0 Å². The molecule has 142 valence electrons. The van der Waals surface area contributed by atoms with Gasteiger partial charge in [-0.1, -0.05) is 54.1 Å². The number of nitrogens with zero attached hydrogens (tertiary/aromatic N) is 2. The van der Waals surface area contributed by atoms with Crippen LogP contribution in [-0.2, 0) is 10.0 Å². The van der Waals surface area contributed by atoms with Crippen molar-refractivity contribution in [2.24, 2.45) is 5.10 Å². The minimum atomic E-state index is -3.83. The van der Waals surface area contributed by atoms with Gasteiger partial charge in [0.1, 0.15) is 5.82 Å². The van der Waals surface area contributed by atoms with Crippen molar-refractivity contribution in [3.05, 3.63) is 101 Å². The highest BCUT2D eigenvalue weighted by molar-refractivity contribution is 7.89. The zero-order valence-electron chi connectivity index (χ0n) is 14.7. The second kappa shape index (κ2) is 7.37. The van der Waals surface area contributed by atoms with Gasteiger partial charge in [-0.3, -0.25) is 0 Å². The van der Waals surface area contributed by atoms with Crippen LogP contribution >= 0.6 is 11.6 Å². The highest BCUT2D eigenvalue weighted by Crippen LogP contribution is 2.32. The van der Waals surface area contributed by atoms with Crippen LogP contribution in [0.15, 0.2) is 88.9 Å². The topological polar surface area (TPSA) is 49.7 Å². The van der Waals surface area contributed by atoms with E-state index in [2.05, 4.69) is 5.10 Å². The van der Waals surface area contributed by atoms with Gasteiger partial charge >= 0.3 is 0 Å². The number of sulfonamides is 1. The van der Waals surface area contributed by atoms with Crippen LogP contribution in [0.1, 0.15) is 17.0 Å². The Labute approximate surface area is 167 Å². The third-order valence-corrected chi connectivity index (χ3v) is 6.52. The first-order chi connectivity index (χ1) is 13.4. The van der Waals surface area contributed by atoms with E-state index in [1.807, 2.05) is 30.3 Å². The molecule has 0 radical (unpaired) electrons. The van der Waals surface area contributed by atoms with E-state index < -0.39 is 10.0 Å². The van der Waals surface area contributed by atoms with E-state index >= 15 is 0 Å². The van der Waals surface area contributed by atoms with E-state index in [1.165, 1.54) is 36.4 Å². The summed E-state index contributed by atoms with van der Waals surface area (Å²) in [6.45, 7) is 0.168. The predicted octanol–water partition coefficient (Wildman–Crippen LogP) is 4.67.